The van der Waals surface area contributed by atoms with Gasteiger partial charge in [0.2, 0.25) is 0 Å². The Kier molecular flexibility index (Phi) is 3.12. The lowest BCUT2D eigenvalue weighted by Gasteiger charge is -2.08. The van der Waals surface area contributed by atoms with Gasteiger partial charge in [-0.25, -0.2) is 0 Å². The molecular weight excluding hydrogens is 360 g/mol. The summed E-state index contributed by atoms with van der Waals surface area (Å²) in [7, 11) is 0. The molecule has 0 saturated heterocycles. The van der Waals surface area contributed by atoms with E-state index in [9.17, 15) is 4.79 Å². The summed E-state index contributed by atoms with van der Waals surface area (Å²) in [5, 5.41) is 21.4. The van der Waals surface area contributed by atoms with Crippen LogP contribution in [0.25, 0.3) is 21.9 Å². The maximum Gasteiger partial charge on any atom is 0.256 e. The van der Waals surface area contributed by atoms with Crippen LogP contribution in [0.4, 0.5) is 5.69 Å². The van der Waals surface area contributed by atoms with Gasteiger partial charge in [0, 0.05) is 16.6 Å². The van der Waals surface area contributed by atoms with Crippen molar-refractivity contribution in [1.82, 2.24) is 25.6 Å². The standard InChI is InChI=1S/C15H11BrN6O/c1-7-4-12-13(20-22-19-12)6-9(7)15(23)17-8-2-3-11-10(5-8)14(16)21-18-11/h2-6H,1H3,(H,17,23)(H,18,21)(H,19,20,22). The summed E-state index contributed by atoms with van der Waals surface area (Å²) < 4.78 is 0.781. The zero-order valence-electron chi connectivity index (χ0n) is 12.0. The molecule has 0 radical (unpaired) electrons. The molecule has 2 aromatic heterocycles. The lowest BCUT2D eigenvalue weighted by atomic mass is 10.1. The third-order valence-corrected chi connectivity index (χ3v) is 4.28. The average molecular weight is 371 g/mol. The molecule has 8 heteroatoms. The Hall–Kier alpha value is -2.74. The van der Waals surface area contributed by atoms with E-state index in [1.807, 2.05) is 31.2 Å². The second-order valence-corrected chi connectivity index (χ2v) is 6.00. The number of nitrogens with zero attached hydrogens (tertiary/aromatic N) is 3. The molecule has 0 fully saturated rings. The smallest absolute Gasteiger partial charge is 0.256 e. The first kappa shape index (κ1) is 13.9. The van der Waals surface area contributed by atoms with Crippen molar-refractivity contribution in [1.29, 1.82) is 0 Å². The normalized spacial score (nSPS) is 11.2. The number of aromatic amines is 2. The second kappa shape index (κ2) is 5.17. The minimum absolute atomic E-state index is 0.189. The Morgan fingerprint density at radius 3 is 2.70 bits per heavy atom. The quantitative estimate of drug-likeness (QED) is 0.504. The van der Waals surface area contributed by atoms with Gasteiger partial charge < -0.3 is 5.32 Å². The molecule has 2 aromatic carbocycles. The molecule has 0 bridgehead atoms. The molecule has 1 amide bonds. The summed E-state index contributed by atoms with van der Waals surface area (Å²) in [6.07, 6.45) is 0. The van der Waals surface area contributed by atoms with Gasteiger partial charge in [0.05, 0.1) is 5.52 Å². The van der Waals surface area contributed by atoms with E-state index in [-0.39, 0.29) is 5.91 Å². The number of anilines is 1. The van der Waals surface area contributed by atoms with E-state index >= 15 is 0 Å². The summed E-state index contributed by atoms with van der Waals surface area (Å²) in [6, 6.07) is 9.10. The summed E-state index contributed by atoms with van der Waals surface area (Å²) in [5.74, 6) is -0.189. The minimum Gasteiger partial charge on any atom is -0.322 e. The monoisotopic (exact) mass is 370 g/mol. The van der Waals surface area contributed by atoms with Gasteiger partial charge in [-0.15, -0.1) is 0 Å². The zero-order valence-corrected chi connectivity index (χ0v) is 13.6. The molecule has 114 valence electrons. The van der Waals surface area contributed by atoms with Crippen LogP contribution in [-0.4, -0.2) is 31.5 Å². The number of fused-ring (bicyclic) bond motifs is 2. The fourth-order valence-electron chi connectivity index (χ4n) is 2.49. The van der Waals surface area contributed by atoms with Crippen LogP contribution in [0.15, 0.2) is 34.9 Å². The maximum absolute atomic E-state index is 12.6. The number of benzene rings is 2. The highest BCUT2D eigenvalue weighted by atomic mass is 79.9. The van der Waals surface area contributed by atoms with Gasteiger partial charge in [0.25, 0.3) is 5.91 Å². The first-order valence-corrected chi connectivity index (χ1v) is 7.67. The van der Waals surface area contributed by atoms with Crippen molar-refractivity contribution in [3.8, 4) is 0 Å². The molecule has 0 saturated carbocycles. The summed E-state index contributed by atoms with van der Waals surface area (Å²) in [6.45, 7) is 1.87. The Bertz CT molecular complexity index is 1050. The number of hydrogen-bond donors (Lipinski definition) is 3. The highest BCUT2D eigenvalue weighted by Gasteiger charge is 2.13. The van der Waals surface area contributed by atoms with Crippen molar-refractivity contribution in [3.63, 3.8) is 0 Å². The number of aryl methyl sites for hydroxylation is 1. The molecule has 0 aliphatic heterocycles. The fourth-order valence-corrected chi connectivity index (χ4v) is 2.90. The van der Waals surface area contributed by atoms with Crippen LogP contribution in [0.5, 0.6) is 0 Å². The predicted octanol–water partition coefficient (Wildman–Crippen LogP) is 3.16. The average Bonchev–Trinajstić information content (AvgIpc) is 3.13. The third-order valence-electron chi connectivity index (χ3n) is 3.67. The number of halogens is 1. The lowest BCUT2D eigenvalue weighted by Crippen LogP contribution is -2.13. The van der Waals surface area contributed by atoms with Gasteiger partial charge in [-0.3, -0.25) is 9.89 Å². The van der Waals surface area contributed by atoms with E-state index in [0.29, 0.717) is 16.8 Å². The third kappa shape index (κ3) is 2.36. The van der Waals surface area contributed by atoms with Crippen molar-refractivity contribution in [2.24, 2.45) is 0 Å². The predicted molar refractivity (Wildman–Crippen MR) is 90.4 cm³/mol. The van der Waals surface area contributed by atoms with Crippen LogP contribution in [0.2, 0.25) is 0 Å². The molecule has 3 N–H and O–H groups in total. The number of amides is 1. The molecule has 23 heavy (non-hydrogen) atoms. The van der Waals surface area contributed by atoms with E-state index in [0.717, 1.165) is 26.6 Å². The Morgan fingerprint density at radius 1 is 1.09 bits per heavy atom. The van der Waals surface area contributed by atoms with Crippen LogP contribution < -0.4 is 5.32 Å². The van der Waals surface area contributed by atoms with Gasteiger partial charge in [0.1, 0.15) is 15.6 Å². The highest BCUT2D eigenvalue weighted by molar-refractivity contribution is 9.10. The molecular formula is C15H11BrN6O. The summed E-state index contributed by atoms with van der Waals surface area (Å²) in [5.41, 5.74) is 4.34. The number of carbonyl (C=O) groups excluding carboxylic acids is 1. The van der Waals surface area contributed by atoms with Crippen LogP contribution >= 0.6 is 15.9 Å². The zero-order chi connectivity index (χ0) is 16.0. The first-order chi connectivity index (χ1) is 11.1. The molecule has 0 spiro atoms. The van der Waals surface area contributed by atoms with Crippen molar-refractivity contribution in [2.75, 3.05) is 5.32 Å². The van der Waals surface area contributed by atoms with Crippen molar-refractivity contribution in [2.45, 2.75) is 6.92 Å². The highest BCUT2D eigenvalue weighted by Crippen LogP contribution is 2.25. The largest absolute Gasteiger partial charge is 0.322 e. The molecule has 0 aliphatic rings. The second-order valence-electron chi connectivity index (χ2n) is 5.20. The lowest BCUT2D eigenvalue weighted by molar-refractivity contribution is 0.102. The molecule has 0 unspecified atom stereocenters. The number of nitrogens with one attached hydrogen (secondary N) is 3. The number of carbonyl (C=O) groups is 1. The SMILES string of the molecule is Cc1cc2n[nH]nc2cc1C(=O)Nc1ccc2n[nH]c(Br)c2c1. The van der Waals surface area contributed by atoms with Gasteiger partial charge >= 0.3 is 0 Å². The number of H-pyrrole nitrogens is 2. The fraction of sp³-hybridized carbons (Fsp3) is 0.0667. The van der Waals surface area contributed by atoms with E-state index in [1.54, 1.807) is 6.07 Å². The Morgan fingerprint density at radius 2 is 1.87 bits per heavy atom. The minimum atomic E-state index is -0.189. The van der Waals surface area contributed by atoms with E-state index in [2.05, 4.69) is 46.9 Å². The van der Waals surface area contributed by atoms with Crippen LogP contribution in [-0.2, 0) is 0 Å². The summed E-state index contributed by atoms with van der Waals surface area (Å²) in [4.78, 5) is 12.6. The number of hydrogen-bond acceptors (Lipinski definition) is 4. The molecule has 4 rings (SSSR count). The van der Waals surface area contributed by atoms with Gasteiger partial charge in [-0.1, -0.05) is 0 Å². The van der Waals surface area contributed by atoms with Gasteiger partial charge in [0.15, 0.2) is 0 Å². The molecule has 0 atom stereocenters. The first-order valence-electron chi connectivity index (χ1n) is 6.88. The molecule has 2 heterocycles. The van der Waals surface area contributed by atoms with Crippen molar-refractivity contribution in [3.05, 3.63) is 46.1 Å². The topological polar surface area (TPSA) is 99.3 Å². The molecule has 4 aromatic rings. The van der Waals surface area contributed by atoms with E-state index < -0.39 is 0 Å². The van der Waals surface area contributed by atoms with E-state index in [4.69, 9.17) is 0 Å². The number of rotatable bonds is 2. The number of aromatic nitrogens is 5. The van der Waals surface area contributed by atoms with Gasteiger partial charge in [-0.05, 0) is 58.7 Å². The Labute approximate surface area is 138 Å². The van der Waals surface area contributed by atoms with Crippen LogP contribution in [0.1, 0.15) is 15.9 Å². The maximum atomic E-state index is 12.6. The molecule has 7 nitrogen and oxygen atoms in total. The molecule has 0 aliphatic carbocycles. The van der Waals surface area contributed by atoms with E-state index in [1.165, 1.54) is 0 Å². The van der Waals surface area contributed by atoms with Crippen molar-refractivity contribution < 1.29 is 4.79 Å². The van der Waals surface area contributed by atoms with Crippen LogP contribution in [0.3, 0.4) is 0 Å². The van der Waals surface area contributed by atoms with Crippen molar-refractivity contribution >= 4 is 49.5 Å². The van der Waals surface area contributed by atoms with Crippen LogP contribution in [0, 0.1) is 6.92 Å². The summed E-state index contributed by atoms with van der Waals surface area (Å²) >= 11 is 3.40. The van der Waals surface area contributed by atoms with Gasteiger partial charge in [-0.2, -0.15) is 20.5 Å². The Balaban J connectivity index is 1.69.